The van der Waals surface area contributed by atoms with Gasteiger partial charge in [-0.2, -0.15) is 0 Å². The summed E-state index contributed by atoms with van der Waals surface area (Å²) in [5.74, 6) is -0.759. The van der Waals surface area contributed by atoms with Gasteiger partial charge in [-0.05, 0) is 57.7 Å². The zero-order chi connectivity index (χ0) is 16.3. The van der Waals surface area contributed by atoms with Gasteiger partial charge in [-0.15, -0.1) is 0 Å². The van der Waals surface area contributed by atoms with E-state index in [1.54, 1.807) is 32.9 Å². The molecule has 1 unspecified atom stereocenters. The van der Waals surface area contributed by atoms with Crippen LogP contribution in [0, 0.1) is 11.7 Å². The Morgan fingerprint density at radius 3 is 2.55 bits per heavy atom. The van der Waals surface area contributed by atoms with Crippen molar-refractivity contribution in [3.05, 3.63) is 35.6 Å². The van der Waals surface area contributed by atoms with E-state index in [9.17, 15) is 14.0 Å². The van der Waals surface area contributed by atoms with E-state index in [1.165, 1.54) is 17.0 Å². The lowest BCUT2D eigenvalue weighted by Crippen LogP contribution is -2.47. The third kappa shape index (κ3) is 4.29. The Balaban J connectivity index is 2.03. The summed E-state index contributed by atoms with van der Waals surface area (Å²) in [4.78, 5) is 25.8. The fourth-order valence-corrected chi connectivity index (χ4v) is 2.54. The third-order valence-corrected chi connectivity index (χ3v) is 3.56. The lowest BCUT2D eigenvalue weighted by Gasteiger charge is -2.32. The highest BCUT2D eigenvalue weighted by Crippen LogP contribution is 2.24. The molecule has 4 nitrogen and oxygen atoms in total. The second-order valence-electron chi connectivity index (χ2n) is 6.64. The summed E-state index contributed by atoms with van der Waals surface area (Å²) in [5.41, 5.74) is 0.271. The van der Waals surface area contributed by atoms with Crippen LogP contribution in [0.5, 0.6) is 0 Å². The number of amides is 2. The Morgan fingerprint density at radius 2 is 1.95 bits per heavy atom. The standard InChI is InChI=1S/C17H22FNO3/c1-17(2,3)22-16(21)19-10-4-5-13(15(19)20)11-12-6-8-14(18)9-7-12/h6-9,13H,4-5,10-11H2,1-3H3. The van der Waals surface area contributed by atoms with Crippen LogP contribution in [0.25, 0.3) is 0 Å². The molecule has 2 rings (SSSR count). The van der Waals surface area contributed by atoms with E-state index in [-0.39, 0.29) is 17.6 Å². The number of carbonyl (C=O) groups excluding carboxylic acids is 2. The van der Waals surface area contributed by atoms with Crippen molar-refractivity contribution in [1.29, 1.82) is 0 Å². The molecule has 2 amide bonds. The van der Waals surface area contributed by atoms with E-state index >= 15 is 0 Å². The molecule has 1 aromatic carbocycles. The van der Waals surface area contributed by atoms with Crippen molar-refractivity contribution in [3.63, 3.8) is 0 Å². The Bertz CT molecular complexity index is 548. The predicted octanol–water partition coefficient (Wildman–Crippen LogP) is 3.54. The van der Waals surface area contributed by atoms with Gasteiger partial charge in [0.25, 0.3) is 0 Å². The Morgan fingerprint density at radius 1 is 1.32 bits per heavy atom. The van der Waals surface area contributed by atoms with E-state index in [2.05, 4.69) is 0 Å². The molecule has 0 bridgehead atoms. The van der Waals surface area contributed by atoms with E-state index in [1.807, 2.05) is 0 Å². The van der Waals surface area contributed by atoms with Crippen LogP contribution in [0.2, 0.25) is 0 Å². The molecule has 1 aliphatic rings. The first-order chi connectivity index (χ1) is 10.3. The molecular weight excluding hydrogens is 285 g/mol. The second kappa shape index (κ2) is 6.46. The molecule has 0 aromatic heterocycles. The van der Waals surface area contributed by atoms with E-state index < -0.39 is 11.7 Å². The highest BCUT2D eigenvalue weighted by Gasteiger charge is 2.35. The van der Waals surface area contributed by atoms with Gasteiger partial charge in [-0.1, -0.05) is 12.1 Å². The molecule has 1 aromatic rings. The molecule has 0 radical (unpaired) electrons. The number of carbonyl (C=O) groups is 2. The van der Waals surface area contributed by atoms with Crippen LogP contribution >= 0.6 is 0 Å². The average molecular weight is 307 g/mol. The maximum atomic E-state index is 12.9. The fourth-order valence-electron chi connectivity index (χ4n) is 2.54. The number of halogens is 1. The maximum absolute atomic E-state index is 12.9. The fraction of sp³-hybridized carbons (Fsp3) is 0.529. The van der Waals surface area contributed by atoms with Gasteiger partial charge in [0.2, 0.25) is 5.91 Å². The zero-order valence-electron chi connectivity index (χ0n) is 13.3. The zero-order valence-corrected chi connectivity index (χ0v) is 13.3. The van der Waals surface area contributed by atoms with Gasteiger partial charge >= 0.3 is 6.09 Å². The lowest BCUT2D eigenvalue weighted by molar-refractivity contribution is -0.137. The van der Waals surface area contributed by atoms with Crippen molar-refractivity contribution in [2.24, 2.45) is 5.92 Å². The summed E-state index contributed by atoms with van der Waals surface area (Å²) >= 11 is 0. The van der Waals surface area contributed by atoms with Crippen molar-refractivity contribution >= 4 is 12.0 Å². The van der Waals surface area contributed by atoms with E-state index in [4.69, 9.17) is 4.74 Å². The van der Waals surface area contributed by atoms with Crippen LogP contribution in [0.4, 0.5) is 9.18 Å². The Hall–Kier alpha value is -1.91. The second-order valence-corrected chi connectivity index (χ2v) is 6.64. The summed E-state index contributed by atoms with van der Waals surface area (Å²) in [6.45, 7) is 5.72. The number of nitrogens with zero attached hydrogens (tertiary/aromatic N) is 1. The molecule has 1 atom stereocenters. The maximum Gasteiger partial charge on any atom is 0.417 e. The smallest absolute Gasteiger partial charge is 0.417 e. The normalized spacial score (nSPS) is 19.2. The summed E-state index contributed by atoms with van der Waals surface area (Å²) in [7, 11) is 0. The van der Waals surface area contributed by atoms with Crippen LogP contribution in [-0.2, 0) is 16.0 Å². The average Bonchev–Trinajstić information content (AvgIpc) is 2.41. The molecule has 0 aliphatic carbocycles. The summed E-state index contributed by atoms with van der Waals surface area (Å²) in [6.07, 6.45) is 1.42. The Kier molecular flexibility index (Phi) is 4.84. The molecule has 120 valence electrons. The van der Waals surface area contributed by atoms with Crippen LogP contribution in [0.15, 0.2) is 24.3 Å². The number of hydrogen-bond donors (Lipinski definition) is 0. The SMILES string of the molecule is CC(C)(C)OC(=O)N1CCCC(Cc2ccc(F)cc2)C1=O. The molecule has 0 spiro atoms. The van der Waals surface area contributed by atoms with Gasteiger partial charge in [0.1, 0.15) is 11.4 Å². The van der Waals surface area contributed by atoms with Gasteiger partial charge < -0.3 is 4.74 Å². The molecule has 22 heavy (non-hydrogen) atoms. The van der Waals surface area contributed by atoms with Crippen molar-refractivity contribution in [1.82, 2.24) is 4.90 Å². The minimum absolute atomic E-state index is 0.204. The van der Waals surface area contributed by atoms with Crippen molar-refractivity contribution in [2.75, 3.05) is 6.54 Å². The summed E-state index contributed by atoms with van der Waals surface area (Å²) in [5, 5.41) is 0. The Labute approximate surface area is 130 Å². The number of likely N-dealkylation sites (tertiary alicyclic amines) is 1. The summed E-state index contributed by atoms with van der Waals surface area (Å²) < 4.78 is 18.2. The number of piperidine rings is 1. The highest BCUT2D eigenvalue weighted by atomic mass is 19.1. The van der Waals surface area contributed by atoms with Crippen LogP contribution < -0.4 is 0 Å². The van der Waals surface area contributed by atoms with Gasteiger partial charge in [0.05, 0.1) is 0 Å². The molecular formula is C17H22FNO3. The minimum atomic E-state index is -0.624. The van der Waals surface area contributed by atoms with Crippen molar-refractivity contribution in [2.45, 2.75) is 45.6 Å². The number of ether oxygens (including phenoxy) is 1. The van der Waals surface area contributed by atoms with Crippen LogP contribution in [-0.4, -0.2) is 29.0 Å². The molecule has 5 heteroatoms. The first kappa shape index (κ1) is 16.5. The van der Waals surface area contributed by atoms with Crippen LogP contribution in [0.3, 0.4) is 0 Å². The molecule has 1 saturated heterocycles. The monoisotopic (exact) mass is 307 g/mol. The van der Waals surface area contributed by atoms with E-state index in [0.29, 0.717) is 13.0 Å². The number of rotatable bonds is 2. The minimum Gasteiger partial charge on any atom is -0.443 e. The topological polar surface area (TPSA) is 46.6 Å². The van der Waals surface area contributed by atoms with Crippen LogP contribution in [0.1, 0.15) is 39.2 Å². The third-order valence-electron chi connectivity index (χ3n) is 3.56. The number of benzene rings is 1. The predicted molar refractivity (Wildman–Crippen MR) is 80.8 cm³/mol. The molecule has 1 aliphatic heterocycles. The van der Waals surface area contributed by atoms with Crippen molar-refractivity contribution in [3.8, 4) is 0 Å². The molecule has 0 saturated carbocycles. The van der Waals surface area contributed by atoms with Gasteiger partial charge in [-0.3, -0.25) is 4.79 Å². The lowest BCUT2D eigenvalue weighted by atomic mass is 9.90. The van der Waals surface area contributed by atoms with Crippen molar-refractivity contribution < 1.29 is 18.7 Å². The first-order valence-corrected chi connectivity index (χ1v) is 7.55. The highest BCUT2D eigenvalue weighted by molar-refractivity contribution is 5.94. The largest absolute Gasteiger partial charge is 0.443 e. The van der Waals surface area contributed by atoms with E-state index in [0.717, 1.165) is 18.4 Å². The van der Waals surface area contributed by atoms with Gasteiger partial charge in [-0.25, -0.2) is 14.1 Å². The van der Waals surface area contributed by atoms with Gasteiger partial charge in [0.15, 0.2) is 0 Å². The summed E-state index contributed by atoms with van der Waals surface area (Å²) in [6, 6.07) is 6.12. The number of hydrogen-bond acceptors (Lipinski definition) is 3. The number of imide groups is 1. The molecule has 0 N–H and O–H groups in total. The van der Waals surface area contributed by atoms with Gasteiger partial charge in [0, 0.05) is 12.5 Å². The quantitative estimate of drug-likeness (QED) is 0.839. The molecule has 1 heterocycles. The first-order valence-electron chi connectivity index (χ1n) is 7.55. The molecule has 1 fully saturated rings.